The van der Waals surface area contributed by atoms with Crippen molar-refractivity contribution in [2.24, 2.45) is 17.8 Å². The highest BCUT2D eigenvalue weighted by Crippen LogP contribution is 2.55. The van der Waals surface area contributed by atoms with Crippen LogP contribution in [0, 0.1) is 24.7 Å². The smallest absolute Gasteiger partial charge is 0.271 e. The minimum atomic E-state index is 0.000145. The van der Waals surface area contributed by atoms with E-state index < -0.39 is 0 Å². The van der Waals surface area contributed by atoms with Gasteiger partial charge in [0.15, 0.2) is 5.13 Å². The first-order valence-electron chi connectivity index (χ1n) is 9.69. The number of carbonyl (C=O) groups is 1. The Morgan fingerprint density at radius 2 is 1.69 bits per heavy atom. The van der Waals surface area contributed by atoms with Gasteiger partial charge in [-0.3, -0.25) is 4.79 Å². The molecule has 6 rings (SSSR count). The van der Waals surface area contributed by atoms with E-state index in [2.05, 4.69) is 34.7 Å². The standard InChI is InChI=1S/C21H25N3OS/c1-13-2-4-17(5-3-13)22-20-23-18(12-26-20)19(25)24-21-9-14-6-15(10-21)8-16(7-14)11-21/h2-5,12,14-16H,6-11H2,1H3,(H,22,23)(H,24,25). The molecule has 0 saturated heterocycles. The highest BCUT2D eigenvalue weighted by molar-refractivity contribution is 7.14. The molecule has 4 fully saturated rings. The molecule has 1 amide bonds. The predicted molar refractivity (Wildman–Crippen MR) is 105 cm³/mol. The molecule has 4 nitrogen and oxygen atoms in total. The Labute approximate surface area is 158 Å². The van der Waals surface area contributed by atoms with Gasteiger partial charge in [-0.2, -0.15) is 0 Å². The summed E-state index contributed by atoms with van der Waals surface area (Å²) in [5, 5.41) is 9.33. The SMILES string of the molecule is Cc1ccc(Nc2nc(C(=O)NC34CC5CC(CC(C5)C3)C4)cs2)cc1. The van der Waals surface area contributed by atoms with Crippen LogP contribution < -0.4 is 10.6 Å². The Morgan fingerprint density at radius 1 is 1.08 bits per heavy atom. The monoisotopic (exact) mass is 367 g/mol. The summed E-state index contributed by atoms with van der Waals surface area (Å²) in [7, 11) is 0. The number of anilines is 2. The van der Waals surface area contributed by atoms with Gasteiger partial charge in [0.1, 0.15) is 5.69 Å². The third-order valence-corrected chi connectivity index (χ3v) is 7.21. The lowest BCUT2D eigenvalue weighted by atomic mass is 9.53. The maximum absolute atomic E-state index is 12.8. The first-order chi connectivity index (χ1) is 12.6. The van der Waals surface area contributed by atoms with Crippen LogP contribution in [0.25, 0.3) is 0 Å². The summed E-state index contributed by atoms with van der Waals surface area (Å²) in [5.74, 6) is 2.49. The molecule has 0 unspecified atom stereocenters. The maximum Gasteiger partial charge on any atom is 0.271 e. The second kappa shape index (κ2) is 6.08. The molecule has 4 aliphatic rings. The summed E-state index contributed by atoms with van der Waals surface area (Å²) in [6, 6.07) is 8.20. The minimum absolute atomic E-state index is 0.000145. The van der Waals surface area contributed by atoms with E-state index in [0.717, 1.165) is 28.6 Å². The van der Waals surface area contributed by atoms with E-state index in [0.29, 0.717) is 5.69 Å². The number of thiazole rings is 1. The minimum Gasteiger partial charge on any atom is -0.345 e. The molecule has 1 aromatic heterocycles. The molecule has 4 bridgehead atoms. The second-order valence-corrected chi connectivity index (χ2v) is 9.54. The number of aryl methyl sites for hydroxylation is 1. The van der Waals surface area contributed by atoms with E-state index in [4.69, 9.17) is 0 Å². The molecule has 0 radical (unpaired) electrons. The number of carbonyl (C=O) groups excluding carboxylic acids is 1. The molecule has 2 N–H and O–H groups in total. The summed E-state index contributed by atoms with van der Waals surface area (Å²) in [4.78, 5) is 17.4. The summed E-state index contributed by atoms with van der Waals surface area (Å²) < 4.78 is 0. The van der Waals surface area contributed by atoms with E-state index >= 15 is 0 Å². The van der Waals surface area contributed by atoms with Crippen LogP contribution in [0.1, 0.15) is 54.6 Å². The van der Waals surface area contributed by atoms with Gasteiger partial charge in [-0.25, -0.2) is 4.98 Å². The van der Waals surface area contributed by atoms with E-state index in [1.807, 2.05) is 17.5 Å². The topological polar surface area (TPSA) is 54.0 Å². The molecule has 1 heterocycles. The fraction of sp³-hybridized carbons (Fsp3) is 0.524. The quantitative estimate of drug-likeness (QED) is 0.809. The van der Waals surface area contributed by atoms with Crippen molar-refractivity contribution in [3.63, 3.8) is 0 Å². The number of benzene rings is 1. The van der Waals surface area contributed by atoms with Crippen molar-refractivity contribution in [2.75, 3.05) is 5.32 Å². The van der Waals surface area contributed by atoms with E-state index in [9.17, 15) is 4.79 Å². The van der Waals surface area contributed by atoms with Gasteiger partial charge in [0.2, 0.25) is 0 Å². The number of rotatable bonds is 4. The van der Waals surface area contributed by atoms with Crippen LogP contribution in [0.5, 0.6) is 0 Å². The largest absolute Gasteiger partial charge is 0.345 e. The van der Waals surface area contributed by atoms with Crippen LogP contribution >= 0.6 is 11.3 Å². The molecule has 0 aliphatic heterocycles. The lowest BCUT2D eigenvalue weighted by Gasteiger charge is -2.56. The zero-order valence-corrected chi connectivity index (χ0v) is 15.9. The molecule has 5 heteroatoms. The Kier molecular flexibility index (Phi) is 3.82. The molecule has 0 atom stereocenters. The zero-order valence-electron chi connectivity index (χ0n) is 15.1. The summed E-state index contributed by atoms with van der Waals surface area (Å²) in [6.07, 6.45) is 7.67. The Balaban J connectivity index is 1.28. The van der Waals surface area contributed by atoms with E-state index in [-0.39, 0.29) is 11.4 Å². The summed E-state index contributed by atoms with van der Waals surface area (Å²) >= 11 is 1.49. The van der Waals surface area contributed by atoms with Crippen molar-refractivity contribution < 1.29 is 4.79 Å². The van der Waals surface area contributed by atoms with Gasteiger partial charge in [0, 0.05) is 16.6 Å². The van der Waals surface area contributed by atoms with Gasteiger partial charge in [-0.15, -0.1) is 11.3 Å². The van der Waals surface area contributed by atoms with Crippen LogP contribution in [-0.4, -0.2) is 16.4 Å². The fourth-order valence-corrected chi connectivity index (χ4v) is 6.48. The zero-order chi connectivity index (χ0) is 17.7. The van der Waals surface area contributed by atoms with Crippen LogP contribution in [0.15, 0.2) is 29.6 Å². The van der Waals surface area contributed by atoms with Gasteiger partial charge in [0.05, 0.1) is 0 Å². The third-order valence-electron chi connectivity index (χ3n) is 6.46. The van der Waals surface area contributed by atoms with E-state index in [1.165, 1.54) is 55.4 Å². The van der Waals surface area contributed by atoms with Crippen LogP contribution in [0.3, 0.4) is 0 Å². The number of nitrogens with one attached hydrogen (secondary N) is 2. The Morgan fingerprint density at radius 3 is 2.31 bits per heavy atom. The van der Waals surface area contributed by atoms with Crippen molar-refractivity contribution in [2.45, 2.75) is 51.0 Å². The number of aromatic nitrogens is 1. The summed E-state index contributed by atoms with van der Waals surface area (Å²) in [6.45, 7) is 2.07. The number of nitrogens with zero attached hydrogens (tertiary/aromatic N) is 1. The van der Waals surface area contributed by atoms with Gasteiger partial charge in [0.25, 0.3) is 5.91 Å². The Bertz CT molecular complexity index is 791. The van der Waals surface area contributed by atoms with Gasteiger partial charge in [-0.05, 0) is 75.3 Å². The molecular formula is C21H25N3OS. The third kappa shape index (κ3) is 3.02. The first kappa shape index (κ1) is 16.3. The van der Waals surface area contributed by atoms with Crippen molar-refractivity contribution in [1.82, 2.24) is 10.3 Å². The lowest BCUT2D eigenvalue weighted by Crippen LogP contribution is -2.59. The second-order valence-electron chi connectivity index (χ2n) is 8.68. The highest BCUT2D eigenvalue weighted by atomic mass is 32.1. The van der Waals surface area contributed by atoms with Crippen LogP contribution in [0.4, 0.5) is 10.8 Å². The number of hydrogen-bond donors (Lipinski definition) is 2. The number of amides is 1. The molecular weight excluding hydrogens is 342 g/mol. The van der Waals surface area contributed by atoms with Gasteiger partial charge >= 0.3 is 0 Å². The Hall–Kier alpha value is -1.88. The lowest BCUT2D eigenvalue weighted by molar-refractivity contribution is -0.0167. The predicted octanol–water partition coefficient (Wildman–Crippen LogP) is 4.89. The van der Waals surface area contributed by atoms with Crippen molar-refractivity contribution in [1.29, 1.82) is 0 Å². The number of hydrogen-bond acceptors (Lipinski definition) is 4. The van der Waals surface area contributed by atoms with Crippen LogP contribution in [0.2, 0.25) is 0 Å². The molecule has 0 spiro atoms. The molecule has 2 aromatic rings. The van der Waals surface area contributed by atoms with Crippen molar-refractivity contribution >= 4 is 28.1 Å². The summed E-state index contributed by atoms with van der Waals surface area (Å²) in [5.41, 5.74) is 2.81. The molecule has 26 heavy (non-hydrogen) atoms. The van der Waals surface area contributed by atoms with E-state index in [1.54, 1.807) is 0 Å². The molecule has 136 valence electrons. The average molecular weight is 368 g/mol. The van der Waals surface area contributed by atoms with Gasteiger partial charge in [-0.1, -0.05) is 17.7 Å². The van der Waals surface area contributed by atoms with Crippen LogP contribution in [-0.2, 0) is 0 Å². The normalized spacial score (nSPS) is 31.8. The molecule has 1 aromatic carbocycles. The average Bonchev–Trinajstić information content (AvgIpc) is 3.04. The molecule has 4 aliphatic carbocycles. The molecule has 4 saturated carbocycles. The fourth-order valence-electron chi connectivity index (χ4n) is 5.76. The van der Waals surface area contributed by atoms with Gasteiger partial charge < -0.3 is 10.6 Å². The van der Waals surface area contributed by atoms with Crippen molar-refractivity contribution in [3.05, 3.63) is 40.9 Å². The van der Waals surface area contributed by atoms with Crippen molar-refractivity contribution in [3.8, 4) is 0 Å². The first-order valence-corrected chi connectivity index (χ1v) is 10.6. The maximum atomic E-state index is 12.8. The highest BCUT2D eigenvalue weighted by Gasteiger charge is 2.51.